The molecule has 0 aliphatic heterocycles. The van der Waals surface area contributed by atoms with Crippen LogP contribution in [0.2, 0.25) is 0 Å². The van der Waals surface area contributed by atoms with E-state index < -0.39 is 0 Å². The lowest BCUT2D eigenvalue weighted by molar-refractivity contribution is -0.142. The normalized spacial score (nSPS) is 24.9. The molecule has 1 fully saturated rings. The Kier molecular flexibility index (Phi) is 5.29. The van der Waals surface area contributed by atoms with Crippen LogP contribution in [0, 0.1) is 5.92 Å². The topological polar surface area (TPSA) is 55.4 Å². The molecular formula is C12H21NO3. The molecule has 1 saturated carbocycles. The predicted molar refractivity (Wildman–Crippen MR) is 60.8 cm³/mol. The average molecular weight is 227 g/mol. The summed E-state index contributed by atoms with van der Waals surface area (Å²) in [6, 6.07) is 0.291. The van der Waals surface area contributed by atoms with Crippen LogP contribution in [0.15, 0.2) is 0 Å². The van der Waals surface area contributed by atoms with Crippen LogP contribution in [0.4, 0.5) is 0 Å². The molecule has 0 unspecified atom stereocenters. The summed E-state index contributed by atoms with van der Waals surface area (Å²) in [6.45, 7) is 2.17. The second-order valence-corrected chi connectivity index (χ2v) is 4.51. The van der Waals surface area contributed by atoms with E-state index in [1.807, 2.05) is 0 Å². The Morgan fingerprint density at radius 2 is 1.94 bits per heavy atom. The first kappa shape index (κ1) is 13.0. The molecule has 16 heavy (non-hydrogen) atoms. The maximum absolute atomic E-state index is 11.6. The standard InChI is InChI=1S/C12H21NO3/c1-9-5-3-4-6-10(9)13-11(14)7-8-12(15)16-2/h9-10H,3-8H2,1-2H3,(H,13,14)/t9-,10-/m0/s1. The van der Waals surface area contributed by atoms with Crippen molar-refractivity contribution in [3.63, 3.8) is 0 Å². The van der Waals surface area contributed by atoms with Crippen molar-refractivity contribution >= 4 is 11.9 Å². The number of esters is 1. The largest absolute Gasteiger partial charge is 0.469 e. The second-order valence-electron chi connectivity index (χ2n) is 4.51. The van der Waals surface area contributed by atoms with Crippen LogP contribution in [0.5, 0.6) is 0 Å². The highest BCUT2D eigenvalue weighted by atomic mass is 16.5. The van der Waals surface area contributed by atoms with Gasteiger partial charge in [-0.15, -0.1) is 0 Å². The molecule has 1 N–H and O–H groups in total. The van der Waals surface area contributed by atoms with Gasteiger partial charge in [0.05, 0.1) is 13.5 Å². The minimum absolute atomic E-state index is 0.0378. The van der Waals surface area contributed by atoms with Crippen LogP contribution in [0.3, 0.4) is 0 Å². The Labute approximate surface area is 96.7 Å². The van der Waals surface area contributed by atoms with Gasteiger partial charge in [0.2, 0.25) is 5.91 Å². The van der Waals surface area contributed by atoms with Gasteiger partial charge in [0.15, 0.2) is 0 Å². The summed E-state index contributed by atoms with van der Waals surface area (Å²) in [5.41, 5.74) is 0. The summed E-state index contributed by atoms with van der Waals surface area (Å²) >= 11 is 0. The molecule has 1 amide bonds. The Morgan fingerprint density at radius 3 is 2.56 bits per heavy atom. The number of amides is 1. The summed E-state index contributed by atoms with van der Waals surface area (Å²) in [5, 5.41) is 3.00. The molecule has 0 aromatic heterocycles. The molecule has 1 aliphatic rings. The van der Waals surface area contributed by atoms with E-state index in [9.17, 15) is 9.59 Å². The van der Waals surface area contributed by atoms with Gasteiger partial charge in [-0.3, -0.25) is 9.59 Å². The minimum Gasteiger partial charge on any atom is -0.469 e. The van der Waals surface area contributed by atoms with E-state index in [0.29, 0.717) is 12.0 Å². The van der Waals surface area contributed by atoms with Crippen molar-refractivity contribution < 1.29 is 14.3 Å². The number of hydrogen-bond acceptors (Lipinski definition) is 3. The maximum atomic E-state index is 11.6. The van der Waals surface area contributed by atoms with Crippen molar-refractivity contribution in [1.82, 2.24) is 5.32 Å². The molecule has 1 rings (SSSR count). The fourth-order valence-electron chi connectivity index (χ4n) is 2.13. The van der Waals surface area contributed by atoms with Crippen LogP contribution < -0.4 is 5.32 Å². The Bertz CT molecular complexity index is 253. The summed E-state index contributed by atoms with van der Waals surface area (Å²) in [6.07, 6.45) is 5.09. The molecule has 0 spiro atoms. The van der Waals surface area contributed by atoms with E-state index in [2.05, 4.69) is 17.0 Å². The van der Waals surface area contributed by atoms with E-state index in [-0.39, 0.29) is 24.7 Å². The van der Waals surface area contributed by atoms with Crippen molar-refractivity contribution in [2.75, 3.05) is 7.11 Å². The highest BCUT2D eigenvalue weighted by Gasteiger charge is 2.22. The molecular weight excluding hydrogens is 206 g/mol. The highest BCUT2D eigenvalue weighted by molar-refractivity contribution is 5.81. The van der Waals surface area contributed by atoms with Gasteiger partial charge < -0.3 is 10.1 Å². The summed E-state index contributed by atoms with van der Waals surface area (Å²) in [7, 11) is 1.34. The average Bonchev–Trinajstić information content (AvgIpc) is 2.29. The highest BCUT2D eigenvalue weighted by Crippen LogP contribution is 2.23. The third-order valence-electron chi connectivity index (χ3n) is 3.24. The molecule has 0 bridgehead atoms. The van der Waals surface area contributed by atoms with Crippen molar-refractivity contribution in [3.05, 3.63) is 0 Å². The number of methoxy groups -OCH3 is 1. The summed E-state index contributed by atoms with van der Waals surface area (Å²) < 4.78 is 4.49. The van der Waals surface area contributed by atoms with Crippen LogP contribution in [-0.4, -0.2) is 25.0 Å². The van der Waals surface area contributed by atoms with Gasteiger partial charge in [-0.25, -0.2) is 0 Å². The number of carbonyl (C=O) groups excluding carboxylic acids is 2. The first-order valence-corrected chi connectivity index (χ1v) is 5.99. The van der Waals surface area contributed by atoms with E-state index in [0.717, 1.165) is 6.42 Å². The SMILES string of the molecule is COC(=O)CCC(=O)N[C@H]1CCCC[C@@H]1C. The third-order valence-corrected chi connectivity index (χ3v) is 3.24. The van der Waals surface area contributed by atoms with Gasteiger partial charge in [-0.1, -0.05) is 19.8 Å². The van der Waals surface area contributed by atoms with Gasteiger partial charge in [-0.05, 0) is 18.8 Å². The van der Waals surface area contributed by atoms with Crippen LogP contribution in [0.25, 0.3) is 0 Å². The molecule has 0 aromatic carbocycles. The number of rotatable bonds is 4. The first-order chi connectivity index (χ1) is 7.63. The molecule has 0 aromatic rings. The molecule has 1 aliphatic carbocycles. The molecule has 4 heteroatoms. The van der Waals surface area contributed by atoms with Crippen LogP contribution >= 0.6 is 0 Å². The molecule has 0 saturated heterocycles. The zero-order chi connectivity index (χ0) is 12.0. The number of nitrogens with one attached hydrogen (secondary N) is 1. The number of ether oxygens (including phenoxy) is 1. The fourth-order valence-corrected chi connectivity index (χ4v) is 2.13. The first-order valence-electron chi connectivity index (χ1n) is 5.99. The lowest BCUT2D eigenvalue weighted by Crippen LogP contribution is -2.41. The maximum Gasteiger partial charge on any atom is 0.306 e. The second kappa shape index (κ2) is 6.51. The fraction of sp³-hybridized carbons (Fsp3) is 0.833. The van der Waals surface area contributed by atoms with E-state index in [1.54, 1.807) is 0 Å². The van der Waals surface area contributed by atoms with Crippen molar-refractivity contribution in [3.8, 4) is 0 Å². The van der Waals surface area contributed by atoms with Crippen molar-refractivity contribution in [1.29, 1.82) is 0 Å². The number of carbonyl (C=O) groups is 2. The van der Waals surface area contributed by atoms with Gasteiger partial charge in [-0.2, -0.15) is 0 Å². The van der Waals surface area contributed by atoms with Gasteiger partial charge in [0.1, 0.15) is 0 Å². The molecule has 4 nitrogen and oxygen atoms in total. The zero-order valence-electron chi connectivity index (χ0n) is 10.1. The molecule has 2 atom stereocenters. The Balaban J connectivity index is 2.24. The number of hydrogen-bond donors (Lipinski definition) is 1. The molecule has 0 radical (unpaired) electrons. The van der Waals surface area contributed by atoms with E-state index in [1.165, 1.54) is 26.4 Å². The lowest BCUT2D eigenvalue weighted by atomic mass is 9.86. The van der Waals surface area contributed by atoms with Gasteiger partial charge in [0, 0.05) is 12.5 Å². The zero-order valence-corrected chi connectivity index (χ0v) is 10.1. The summed E-state index contributed by atoms with van der Waals surface area (Å²) in [4.78, 5) is 22.4. The van der Waals surface area contributed by atoms with E-state index >= 15 is 0 Å². The molecule has 0 heterocycles. The van der Waals surface area contributed by atoms with Crippen LogP contribution in [-0.2, 0) is 14.3 Å². The smallest absolute Gasteiger partial charge is 0.306 e. The van der Waals surface area contributed by atoms with Crippen molar-refractivity contribution in [2.45, 2.75) is 51.5 Å². The Hall–Kier alpha value is -1.06. The van der Waals surface area contributed by atoms with Crippen molar-refractivity contribution in [2.24, 2.45) is 5.92 Å². The van der Waals surface area contributed by atoms with E-state index in [4.69, 9.17) is 0 Å². The third kappa shape index (κ3) is 4.21. The monoisotopic (exact) mass is 227 g/mol. The quantitative estimate of drug-likeness (QED) is 0.743. The predicted octanol–water partition coefficient (Wildman–Crippen LogP) is 1.63. The van der Waals surface area contributed by atoms with Crippen LogP contribution in [0.1, 0.15) is 45.4 Å². The Morgan fingerprint density at radius 1 is 1.25 bits per heavy atom. The molecule has 92 valence electrons. The minimum atomic E-state index is -0.327. The summed E-state index contributed by atoms with van der Waals surface area (Å²) in [5.74, 6) is 0.187. The van der Waals surface area contributed by atoms with Gasteiger partial charge in [0.25, 0.3) is 0 Å². The lowest BCUT2D eigenvalue weighted by Gasteiger charge is -2.29. The van der Waals surface area contributed by atoms with Gasteiger partial charge >= 0.3 is 5.97 Å².